The lowest BCUT2D eigenvalue weighted by Crippen LogP contribution is -2.47. The van der Waals surface area contributed by atoms with Crippen molar-refractivity contribution in [2.24, 2.45) is 4.99 Å². The van der Waals surface area contributed by atoms with Crippen LogP contribution in [0.3, 0.4) is 0 Å². The zero-order chi connectivity index (χ0) is 12.3. The Balaban J connectivity index is 0.00000162. The Hall–Kier alpha value is 0.570. The molecule has 1 atom stereocenters. The first-order chi connectivity index (χ1) is 8.20. The molecule has 106 valence electrons. The molecule has 0 spiro atoms. The molecule has 1 fully saturated rings. The van der Waals surface area contributed by atoms with Crippen LogP contribution in [0.25, 0.3) is 0 Å². The minimum absolute atomic E-state index is 0. The predicted molar refractivity (Wildman–Crippen MR) is 88.7 cm³/mol. The second-order valence-electron chi connectivity index (χ2n) is 4.71. The highest BCUT2D eigenvalue weighted by Gasteiger charge is 2.27. The molecule has 0 aromatic rings. The molecule has 0 aromatic heterocycles. The predicted octanol–water partition coefficient (Wildman–Crippen LogP) is 2.19. The van der Waals surface area contributed by atoms with Gasteiger partial charge in [0, 0.05) is 26.2 Å². The second kappa shape index (κ2) is 7.99. The van der Waals surface area contributed by atoms with Gasteiger partial charge in [-0.25, -0.2) is 4.99 Å². The third kappa shape index (κ3) is 4.30. The summed E-state index contributed by atoms with van der Waals surface area (Å²) in [4.78, 5) is 11.9. The largest absolute Gasteiger partial charge is 0.348 e. The van der Waals surface area contributed by atoms with E-state index in [0.29, 0.717) is 5.50 Å². The Morgan fingerprint density at radius 3 is 2.44 bits per heavy atom. The lowest BCUT2D eigenvalue weighted by Gasteiger charge is -2.35. The molecular weight excluding hydrogens is 332 g/mol. The van der Waals surface area contributed by atoms with Crippen LogP contribution in [0.4, 0.5) is 0 Å². The molecule has 0 aromatic carbocycles. The lowest BCUT2D eigenvalue weighted by atomic mass is 10.3. The van der Waals surface area contributed by atoms with Crippen molar-refractivity contribution in [2.75, 3.05) is 46.8 Å². The molecule has 2 rings (SSSR count). The van der Waals surface area contributed by atoms with Crippen molar-refractivity contribution in [2.45, 2.75) is 18.8 Å². The highest BCUT2D eigenvalue weighted by molar-refractivity contribution is 8.93. The van der Waals surface area contributed by atoms with Gasteiger partial charge in [0.05, 0.1) is 0 Å². The quantitative estimate of drug-likeness (QED) is 0.722. The summed E-state index contributed by atoms with van der Waals surface area (Å²) in [5, 5.41) is 1.23. The summed E-state index contributed by atoms with van der Waals surface area (Å²) in [6.45, 7) is 8.12. The molecule has 0 saturated carbocycles. The van der Waals surface area contributed by atoms with Crippen LogP contribution in [0.2, 0.25) is 0 Å². The smallest absolute Gasteiger partial charge is 0.172 e. The van der Waals surface area contributed by atoms with Gasteiger partial charge in [-0.15, -0.1) is 17.0 Å². The summed E-state index contributed by atoms with van der Waals surface area (Å²) in [6.07, 6.45) is 1.26. The van der Waals surface area contributed by atoms with Gasteiger partial charge in [-0.05, 0) is 48.6 Å². The standard InChI is InChI=1S/C11H22N4S2.BrH/c1-4-5-14-6-8-15(9-7-14)11-12-10(13(2)3)16-17-11;/h10H,4-9H2,1-3H3;1H. The maximum atomic E-state index is 4.76. The van der Waals surface area contributed by atoms with Gasteiger partial charge in [0.1, 0.15) is 0 Å². The Kier molecular flexibility index (Phi) is 7.38. The summed E-state index contributed by atoms with van der Waals surface area (Å²) < 4.78 is 0. The van der Waals surface area contributed by atoms with E-state index in [2.05, 4.69) is 35.7 Å². The topological polar surface area (TPSA) is 22.1 Å². The van der Waals surface area contributed by atoms with Gasteiger partial charge in [0.15, 0.2) is 10.7 Å². The lowest BCUT2D eigenvalue weighted by molar-refractivity contribution is 0.184. The summed E-state index contributed by atoms with van der Waals surface area (Å²) in [7, 11) is 7.85. The highest BCUT2D eigenvalue weighted by Crippen LogP contribution is 2.38. The Bertz CT molecular complexity index is 280. The monoisotopic (exact) mass is 354 g/mol. The van der Waals surface area contributed by atoms with Crippen LogP contribution in [-0.4, -0.2) is 72.2 Å². The first-order valence-corrected chi connectivity index (χ1v) is 8.47. The first-order valence-electron chi connectivity index (χ1n) is 6.25. The van der Waals surface area contributed by atoms with Crippen molar-refractivity contribution in [3.05, 3.63) is 0 Å². The van der Waals surface area contributed by atoms with Crippen LogP contribution in [0.5, 0.6) is 0 Å². The number of amidine groups is 1. The van der Waals surface area contributed by atoms with Crippen molar-refractivity contribution in [1.29, 1.82) is 0 Å². The number of halogens is 1. The number of aliphatic imine (C=N–C) groups is 1. The van der Waals surface area contributed by atoms with Crippen LogP contribution < -0.4 is 0 Å². The number of hydrogen-bond donors (Lipinski definition) is 0. The van der Waals surface area contributed by atoms with E-state index >= 15 is 0 Å². The molecule has 18 heavy (non-hydrogen) atoms. The molecule has 0 N–H and O–H groups in total. The molecule has 0 radical (unpaired) electrons. The van der Waals surface area contributed by atoms with E-state index in [4.69, 9.17) is 4.99 Å². The summed E-state index contributed by atoms with van der Waals surface area (Å²) in [5.74, 6) is 0. The third-order valence-corrected chi connectivity index (χ3v) is 5.61. The summed E-state index contributed by atoms with van der Waals surface area (Å²) in [6, 6.07) is 0. The van der Waals surface area contributed by atoms with Gasteiger partial charge in [0.2, 0.25) is 0 Å². The van der Waals surface area contributed by atoms with Crippen LogP contribution >= 0.6 is 38.6 Å². The van der Waals surface area contributed by atoms with E-state index in [-0.39, 0.29) is 17.0 Å². The van der Waals surface area contributed by atoms with Crippen LogP contribution in [0, 0.1) is 0 Å². The normalized spacial score (nSPS) is 25.2. The van der Waals surface area contributed by atoms with Gasteiger partial charge < -0.3 is 4.90 Å². The zero-order valence-corrected chi connectivity index (χ0v) is 14.7. The van der Waals surface area contributed by atoms with E-state index in [1.54, 1.807) is 0 Å². The molecule has 2 aliphatic heterocycles. The van der Waals surface area contributed by atoms with E-state index < -0.39 is 0 Å². The van der Waals surface area contributed by atoms with Crippen LogP contribution in [-0.2, 0) is 0 Å². The minimum atomic E-state index is 0. The molecule has 7 heteroatoms. The number of nitrogens with zero attached hydrogens (tertiary/aromatic N) is 4. The Morgan fingerprint density at radius 2 is 1.94 bits per heavy atom. The molecule has 0 aliphatic carbocycles. The van der Waals surface area contributed by atoms with Crippen molar-refractivity contribution in [1.82, 2.24) is 14.7 Å². The van der Waals surface area contributed by atoms with Gasteiger partial charge >= 0.3 is 0 Å². The number of rotatable bonds is 3. The molecular formula is C11H23BrN4S2. The van der Waals surface area contributed by atoms with Crippen molar-refractivity contribution in [3.8, 4) is 0 Å². The Morgan fingerprint density at radius 1 is 1.28 bits per heavy atom. The van der Waals surface area contributed by atoms with Gasteiger partial charge in [-0.3, -0.25) is 9.80 Å². The molecule has 2 heterocycles. The maximum Gasteiger partial charge on any atom is 0.172 e. The minimum Gasteiger partial charge on any atom is -0.348 e. The fraction of sp³-hybridized carbons (Fsp3) is 0.909. The zero-order valence-electron chi connectivity index (χ0n) is 11.3. The maximum absolute atomic E-state index is 4.76. The van der Waals surface area contributed by atoms with Gasteiger partial charge in [-0.2, -0.15) is 0 Å². The molecule has 0 amide bonds. The van der Waals surface area contributed by atoms with Gasteiger partial charge in [0.25, 0.3) is 0 Å². The Labute approximate surface area is 129 Å². The summed E-state index contributed by atoms with van der Waals surface area (Å²) >= 11 is 0. The average Bonchev–Trinajstić information content (AvgIpc) is 2.80. The van der Waals surface area contributed by atoms with Gasteiger partial charge in [-0.1, -0.05) is 6.92 Å². The van der Waals surface area contributed by atoms with E-state index in [1.165, 1.54) is 31.2 Å². The number of hydrogen-bond acceptors (Lipinski definition) is 6. The number of piperazine rings is 1. The third-order valence-electron chi connectivity index (χ3n) is 3.05. The van der Waals surface area contributed by atoms with Crippen molar-refractivity contribution in [3.63, 3.8) is 0 Å². The molecule has 2 aliphatic rings. The fourth-order valence-electron chi connectivity index (χ4n) is 2.04. The molecule has 1 saturated heterocycles. The van der Waals surface area contributed by atoms with E-state index in [0.717, 1.165) is 13.1 Å². The highest BCUT2D eigenvalue weighted by atomic mass is 79.9. The molecule has 0 bridgehead atoms. The fourth-order valence-corrected chi connectivity index (χ4v) is 4.63. The van der Waals surface area contributed by atoms with E-state index in [1.807, 2.05) is 21.6 Å². The molecule has 4 nitrogen and oxygen atoms in total. The van der Waals surface area contributed by atoms with Crippen LogP contribution in [0.15, 0.2) is 4.99 Å². The SMILES string of the molecule is Br.CCCN1CCN(C2=NC(N(C)C)SS2)CC1. The first kappa shape index (κ1) is 16.6. The molecule has 1 unspecified atom stereocenters. The second-order valence-corrected chi connectivity index (χ2v) is 6.93. The van der Waals surface area contributed by atoms with Crippen LogP contribution in [0.1, 0.15) is 13.3 Å². The van der Waals surface area contributed by atoms with Crippen molar-refractivity contribution < 1.29 is 0 Å². The van der Waals surface area contributed by atoms with Crippen molar-refractivity contribution >= 4 is 43.7 Å². The summed E-state index contributed by atoms with van der Waals surface area (Å²) in [5.41, 5.74) is 0.295. The van der Waals surface area contributed by atoms with E-state index in [9.17, 15) is 0 Å². The average molecular weight is 355 g/mol.